The summed E-state index contributed by atoms with van der Waals surface area (Å²) in [5, 5.41) is 0. The van der Waals surface area contributed by atoms with Crippen LogP contribution in [0, 0.1) is 23.7 Å². The predicted octanol–water partition coefficient (Wildman–Crippen LogP) is 1.46. The highest BCUT2D eigenvalue weighted by atomic mass is 16.5. The highest BCUT2D eigenvalue weighted by Crippen LogP contribution is 2.32. The summed E-state index contributed by atoms with van der Waals surface area (Å²) >= 11 is 0. The number of Topliss-reactive ketones (excluding diaryl/α,β-unsaturated/α-hetero) is 1. The van der Waals surface area contributed by atoms with Gasteiger partial charge in [0.25, 0.3) is 0 Å². The molecule has 15 heavy (non-hydrogen) atoms. The van der Waals surface area contributed by atoms with E-state index in [1.165, 1.54) is 0 Å². The van der Waals surface area contributed by atoms with Gasteiger partial charge in [-0.05, 0) is 43.1 Å². The minimum absolute atomic E-state index is 0.00476. The number of hydrogen-bond acceptors (Lipinski definition) is 2. The number of hydrogen-bond donors (Lipinski definition) is 0. The Morgan fingerprint density at radius 3 is 3.07 bits per heavy atom. The first-order chi connectivity index (χ1) is 7.33. The van der Waals surface area contributed by atoms with Crippen molar-refractivity contribution in [1.82, 2.24) is 0 Å². The second-order valence-electron chi connectivity index (χ2n) is 3.62. The molecule has 1 heterocycles. The molecule has 2 nitrogen and oxygen atoms in total. The highest BCUT2D eigenvalue weighted by molar-refractivity contribution is 6.03. The van der Waals surface area contributed by atoms with Crippen LogP contribution in [0.5, 0.6) is 0 Å². The number of carbonyl (C=O) groups excluding carboxylic acids is 1. The van der Waals surface area contributed by atoms with Crippen LogP contribution >= 0.6 is 0 Å². The van der Waals surface area contributed by atoms with Crippen LogP contribution in [0.15, 0.2) is 11.1 Å². The monoisotopic (exact) mass is 200 g/mol. The van der Waals surface area contributed by atoms with Crippen LogP contribution in [-0.2, 0) is 9.53 Å². The Morgan fingerprint density at radius 2 is 2.27 bits per heavy atom. The average molecular weight is 200 g/mol. The van der Waals surface area contributed by atoms with Gasteiger partial charge in [-0.2, -0.15) is 0 Å². The second kappa shape index (κ2) is 4.34. The second-order valence-corrected chi connectivity index (χ2v) is 3.62. The molecule has 1 aliphatic carbocycles. The van der Waals surface area contributed by atoms with E-state index in [-0.39, 0.29) is 11.9 Å². The summed E-state index contributed by atoms with van der Waals surface area (Å²) in [4.78, 5) is 11.6. The Balaban J connectivity index is 2.29. The zero-order chi connectivity index (χ0) is 10.7. The molecule has 1 atom stereocenters. The molecule has 2 heteroatoms. The molecule has 1 aliphatic heterocycles. The van der Waals surface area contributed by atoms with Crippen LogP contribution in [-0.4, -0.2) is 18.5 Å². The molecule has 2 aliphatic rings. The van der Waals surface area contributed by atoms with Gasteiger partial charge in [0, 0.05) is 13.0 Å². The third kappa shape index (κ3) is 1.96. The molecule has 0 aromatic carbocycles. The van der Waals surface area contributed by atoms with E-state index < -0.39 is 0 Å². The first-order valence-corrected chi connectivity index (χ1v) is 5.13. The van der Waals surface area contributed by atoms with Crippen LogP contribution in [0.2, 0.25) is 0 Å². The van der Waals surface area contributed by atoms with Crippen LogP contribution in [0.4, 0.5) is 0 Å². The average Bonchev–Trinajstić information content (AvgIpc) is 2.56. The van der Waals surface area contributed by atoms with Gasteiger partial charge in [0.15, 0.2) is 5.78 Å². The summed E-state index contributed by atoms with van der Waals surface area (Å²) in [6.07, 6.45) is 2.41. The van der Waals surface area contributed by atoms with Crippen LogP contribution in [0.25, 0.3) is 0 Å². The Bertz CT molecular complexity index is 435. The lowest BCUT2D eigenvalue weighted by Crippen LogP contribution is -2.19. The van der Waals surface area contributed by atoms with Gasteiger partial charge in [-0.3, -0.25) is 4.79 Å². The van der Waals surface area contributed by atoms with E-state index in [0.717, 1.165) is 25.0 Å². The van der Waals surface area contributed by atoms with E-state index in [4.69, 9.17) is 4.74 Å². The normalized spacial score (nSPS) is 23.8. The fourth-order valence-electron chi connectivity index (χ4n) is 1.97. The zero-order valence-corrected chi connectivity index (χ0v) is 8.72. The van der Waals surface area contributed by atoms with Crippen molar-refractivity contribution in [2.24, 2.45) is 0 Å². The van der Waals surface area contributed by atoms with Crippen molar-refractivity contribution in [1.29, 1.82) is 0 Å². The molecular weight excluding hydrogens is 188 g/mol. The molecule has 0 aromatic heterocycles. The van der Waals surface area contributed by atoms with Gasteiger partial charge in [-0.25, -0.2) is 0 Å². The summed E-state index contributed by atoms with van der Waals surface area (Å²) in [7, 11) is 0. The summed E-state index contributed by atoms with van der Waals surface area (Å²) in [6.45, 7) is 2.49. The minimum Gasteiger partial charge on any atom is -0.373 e. The molecule has 1 saturated heterocycles. The summed E-state index contributed by atoms with van der Waals surface area (Å²) in [6, 6.07) is 0. The van der Waals surface area contributed by atoms with E-state index in [1.54, 1.807) is 6.92 Å². The largest absolute Gasteiger partial charge is 0.373 e. The molecule has 76 valence electrons. The maximum absolute atomic E-state index is 11.6. The number of ether oxygens (including phenoxy) is 1. The Kier molecular flexibility index (Phi) is 2.90. The third-order valence-electron chi connectivity index (χ3n) is 2.64. The third-order valence-corrected chi connectivity index (χ3v) is 2.64. The summed E-state index contributed by atoms with van der Waals surface area (Å²) in [5.74, 6) is 11.0. The molecule has 0 N–H and O–H groups in total. The van der Waals surface area contributed by atoms with Crippen molar-refractivity contribution < 1.29 is 9.53 Å². The van der Waals surface area contributed by atoms with Crippen molar-refractivity contribution in [3.8, 4) is 23.7 Å². The van der Waals surface area contributed by atoms with Crippen molar-refractivity contribution in [2.45, 2.75) is 32.3 Å². The fourth-order valence-corrected chi connectivity index (χ4v) is 1.97. The quantitative estimate of drug-likeness (QED) is 0.553. The molecule has 0 spiro atoms. The number of fused-ring (bicyclic) bond motifs is 1. The van der Waals surface area contributed by atoms with Crippen LogP contribution < -0.4 is 0 Å². The molecule has 0 bridgehead atoms. The van der Waals surface area contributed by atoms with Gasteiger partial charge in [0.05, 0.1) is 11.7 Å². The SMILES string of the molecule is CC#CC#CC1=C2CCCOC2CC1=O. The van der Waals surface area contributed by atoms with Gasteiger partial charge >= 0.3 is 0 Å². The van der Waals surface area contributed by atoms with Crippen molar-refractivity contribution in [2.75, 3.05) is 6.61 Å². The van der Waals surface area contributed by atoms with Gasteiger partial charge < -0.3 is 4.74 Å². The van der Waals surface area contributed by atoms with Gasteiger partial charge in [0.1, 0.15) is 0 Å². The predicted molar refractivity (Wildman–Crippen MR) is 56.9 cm³/mol. The number of ketones is 1. The lowest BCUT2D eigenvalue weighted by Gasteiger charge is -2.20. The maximum atomic E-state index is 11.6. The van der Waals surface area contributed by atoms with Crippen molar-refractivity contribution in [3.05, 3.63) is 11.1 Å². The molecule has 1 fully saturated rings. The lowest BCUT2D eigenvalue weighted by atomic mass is 10.0. The van der Waals surface area contributed by atoms with E-state index in [2.05, 4.69) is 23.7 Å². The highest BCUT2D eigenvalue weighted by Gasteiger charge is 2.33. The van der Waals surface area contributed by atoms with Crippen LogP contribution in [0.3, 0.4) is 0 Å². The standard InChI is InChI=1S/C13H12O2/c1-2-3-4-6-10-11-7-5-8-15-13(11)9-12(10)14/h13H,5,7-9H2,1H3. The Labute approximate surface area is 89.7 Å². The van der Waals surface area contributed by atoms with Crippen molar-refractivity contribution >= 4 is 5.78 Å². The molecule has 1 unspecified atom stereocenters. The maximum Gasteiger partial charge on any atom is 0.174 e. The molecule has 0 radical (unpaired) electrons. The zero-order valence-electron chi connectivity index (χ0n) is 8.72. The molecule has 0 saturated carbocycles. The minimum atomic E-state index is 0.00476. The van der Waals surface area contributed by atoms with Gasteiger partial charge in [0.2, 0.25) is 0 Å². The number of rotatable bonds is 0. The van der Waals surface area contributed by atoms with Gasteiger partial charge in [-0.15, -0.1) is 0 Å². The smallest absolute Gasteiger partial charge is 0.174 e. The number of carbonyl (C=O) groups is 1. The Morgan fingerprint density at radius 1 is 1.40 bits per heavy atom. The van der Waals surface area contributed by atoms with Gasteiger partial charge in [-0.1, -0.05) is 5.92 Å². The first kappa shape index (κ1) is 10.0. The molecular formula is C13H12O2. The van der Waals surface area contributed by atoms with E-state index >= 15 is 0 Å². The summed E-state index contributed by atoms with van der Waals surface area (Å²) in [5.41, 5.74) is 1.75. The van der Waals surface area contributed by atoms with Crippen molar-refractivity contribution in [3.63, 3.8) is 0 Å². The fraction of sp³-hybridized carbons (Fsp3) is 0.462. The van der Waals surface area contributed by atoms with E-state index in [1.807, 2.05) is 0 Å². The molecule has 0 aromatic rings. The first-order valence-electron chi connectivity index (χ1n) is 5.13. The summed E-state index contributed by atoms with van der Waals surface area (Å²) < 4.78 is 5.53. The molecule has 2 rings (SSSR count). The van der Waals surface area contributed by atoms with E-state index in [0.29, 0.717) is 12.0 Å². The number of allylic oxidation sites excluding steroid dienone is 1. The topological polar surface area (TPSA) is 26.3 Å². The Hall–Kier alpha value is -1.51. The van der Waals surface area contributed by atoms with E-state index in [9.17, 15) is 4.79 Å². The molecule has 0 amide bonds. The lowest BCUT2D eigenvalue weighted by molar-refractivity contribution is -0.116. The van der Waals surface area contributed by atoms with Crippen LogP contribution in [0.1, 0.15) is 26.2 Å².